The Morgan fingerprint density at radius 2 is 1.80 bits per heavy atom. The Bertz CT molecular complexity index is 777. The van der Waals surface area contributed by atoms with E-state index in [1.807, 2.05) is 23.6 Å². The summed E-state index contributed by atoms with van der Waals surface area (Å²) in [7, 11) is 0. The molecule has 0 radical (unpaired) electrons. The van der Waals surface area contributed by atoms with Gasteiger partial charge in [0.05, 0.1) is 12.9 Å². The van der Waals surface area contributed by atoms with E-state index >= 15 is 0 Å². The van der Waals surface area contributed by atoms with E-state index in [0.717, 1.165) is 25.9 Å². The van der Waals surface area contributed by atoms with Crippen molar-refractivity contribution in [3.05, 3.63) is 24.2 Å². The fourth-order valence-electron chi connectivity index (χ4n) is 4.81. The molecule has 1 spiro atoms. The first-order valence-electron chi connectivity index (χ1n) is 11.0. The van der Waals surface area contributed by atoms with Crippen LogP contribution in [0, 0.1) is 5.92 Å². The van der Waals surface area contributed by atoms with Crippen LogP contribution in [0.5, 0.6) is 0 Å². The first-order chi connectivity index (χ1) is 14.4. The number of hydrogen-bond acceptors (Lipinski definition) is 5. The molecule has 3 saturated heterocycles. The highest BCUT2D eigenvalue weighted by Crippen LogP contribution is 2.39. The fraction of sp³-hybridized carbons (Fsp3) is 0.682. The topological polar surface area (TPSA) is 83.3 Å². The summed E-state index contributed by atoms with van der Waals surface area (Å²) in [6.45, 7) is 6.71. The number of carbonyl (C=O) groups excluding carboxylic acids is 3. The van der Waals surface area contributed by atoms with Gasteiger partial charge in [-0.3, -0.25) is 19.3 Å². The molecule has 3 aliphatic rings. The third kappa shape index (κ3) is 3.85. The normalized spacial score (nSPS) is 23.6. The maximum Gasteiger partial charge on any atom is 0.292 e. The van der Waals surface area contributed by atoms with Crippen LogP contribution in [0.15, 0.2) is 22.8 Å². The molecule has 3 aliphatic heterocycles. The molecule has 0 saturated carbocycles. The predicted octanol–water partition coefficient (Wildman–Crippen LogP) is 2.11. The predicted molar refractivity (Wildman–Crippen MR) is 108 cm³/mol. The van der Waals surface area contributed by atoms with E-state index in [1.54, 1.807) is 17.0 Å². The molecule has 8 nitrogen and oxygen atoms in total. The minimum absolute atomic E-state index is 0.0532. The van der Waals surface area contributed by atoms with Crippen LogP contribution in [0.25, 0.3) is 0 Å². The van der Waals surface area contributed by atoms with Crippen molar-refractivity contribution in [3.63, 3.8) is 0 Å². The third-order valence-corrected chi connectivity index (χ3v) is 6.39. The molecule has 30 heavy (non-hydrogen) atoms. The number of likely N-dealkylation sites (tertiary alicyclic amines) is 2. The van der Waals surface area contributed by atoms with E-state index < -0.39 is 11.8 Å². The van der Waals surface area contributed by atoms with Crippen LogP contribution in [0.2, 0.25) is 0 Å². The second-order valence-corrected chi connectivity index (χ2v) is 8.94. The quantitative estimate of drug-likeness (QED) is 0.749. The van der Waals surface area contributed by atoms with Gasteiger partial charge < -0.3 is 19.0 Å². The number of amides is 3. The summed E-state index contributed by atoms with van der Waals surface area (Å²) in [6, 6.07) is 2.63. The number of furan rings is 1. The van der Waals surface area contributed by atoms with E-state index in [0.29, 0.717) is 38.3 Å². The molecule has 0 N–H and O–H groups in total. The summed E-state index contributed by atoms with van der Waals surface area (Å²) in [5.41, 5.74) is -0.876. The largest absolute Gasteiger partial charge is 0.459 e. The van der Waals surface area contributed by atoms with Crippen molar-refractivity contribution in [1.82, 2.24) is 14.7 Å². The Kier molecular flexibility index (Phi) is 5.86. The van der Waals surface area contributed by atoms with E-state index in [1.165, 1.54) is 6.26 Å². The Labute approximate surface area is 177 Å². The number of piperidine rings is 1. The van der Waals surface area contributed by atoms with E-state index in [2.05, 4.69) is 0 Å². The highest BCUT2D eigenvalue weighted by atomic mass is 16.5. The van der Waals surface area contributed by atoms with Gasteiger partial charge in [-0.15, -0.1) is 0 Å². The zero-order valence-corrected chi connectivity index (χ0v) is 17.8. The highest BCUT2D eigenvalue weighted by molar-refractivity contribution is 5.96. The number of nitrogens with zero attached hydrogens (tertiary/aromatic N) is 3. The van der Waals surface area contributed by atoms with Gasteiger partial charge in [0, 0.05) is 45.4 Å². The molecular formula is C22H31N3O5. The van der Waals surface area contributed by atoms with Gasteiger partial charge in [0.1, 0.15) is 11.8 Å². The first-order valence-corrected chi connectivity index (χ1v) is 11.0. The van der Waals surface area contributed by atoms with Crippen LogP contribution in [-0.2, 0) is 14.3 Å². The van der Waals surface area contributed by atoms with Gasteiger partial charge in [0.25, 0.3) is 5.91 Å². The lowest BCUT2D eigenvalue weighted by Crippen LogP contribution is -2.60. The number of hydrogen-bond donors (Lipinski definition) is 0. The summed E-state index contributed by atoms with van der Waals surface area (Å²) >= 11 is 0. The zero-order chi connectivity index (χ0) is 21.3. The zero-order valence-electron chi connectivity index (χ0n) is 17.8. The van der Waals surface area contributed by atoms with E-state index in [-0.39, 0.29) is 30.1 Å². The number of ether oxygens (including phenoxy) is 1. The SMILES string of the molecule is CC(C)CC(=O)N1CCC2(CC1)OCC(C(=O)N1CCCC1)N2C(=O)c1ccco1. The van der Waals surface area contributed by atoms with Gasteiger partial charge in [-0.05, 0) is 30.9 Å². The second-order valence-electron chi connectivity index (χ2n) is 8.94. The summed E-state index contributed by atoms with van der Waals surface area (Å²) < 4.78 is 11.6. The highest BCUT2D eigenvalue weighted by Gasteiger charge is 2.55. The van der Waals surface area contributed by atoms with Gasteiger partial charge in [-0.25, -0.2) is 0 Å². The van der Waals surface area contributed by atoms with Crippen molar-refractivity contribution < 1.29 is 23.5 Å². The van der Waals surface area contributed by atoms with Crippen molar-refractivity contribution >= 4 is 17.7 Å². The number of carbonyl (C=O) groups is 3. The monoisotopic (exact) mass is 417 g/mol. The van der Waals surface area contributed by atoms with E-state index in [9.17, 15) is 14.4 Å². The second kappa shape index (κ2) is 8.41. The van der Waals surface area contributed by atoms with Crippen molar-refractivity contribution in [1.29, 1.82) is 0 Å². The van der Waals surface area contributed by atoms with Gasteiger partial charge >= 0.3 is 0 Å². The van der Waals surface area contributed by atoms with Gasteiger partial charge in [0.15, 0.2) is 5.76 Å². The van der Waals surface area contributed by atoms with Gasteiger partial charge in [-0.2, -0.15) is 0 Å². The lowest BCUT2D eigenvalue weighted by molar-refractivity contribution is -0.145. The Morgan fingerprint density at radius 3 is 2.40 bits per heavy atom. The van der Waals surface area contributed by atoms with Crippen molar-refractivity contribution in [2.75, 3.05) is 32.8 Å². The lowest BCUT2D eigenvalue weighted by atomic mass is 9.96. The van der Waals surface area contributed by atoms with Gasteiger partial charge in [0.2, 0.25) is 11.8 Å². The Morgan fingerprint density at radius 1 is 1.10 bits per heavy atom. The van der Waals surface area contributed by atoms with Crippen LogP contribution in [0.3, 0.4) is 0 Å². The smallest absolute Gasteiger partial charge is 0.292 e. The Hall–Kier alpha value is -2.35. The average Bonchev–Trinajstić information content (AvgIpc) is 3.48. The standard InChI is InChI=1S/C22H31N3O5/c1-16(2)14-19(26)23-11-7-22(8-12-23)25(21(28)18-6-5-13-29-18)17(15-30-22)20(27)24-9-3-4-10-24/h5-6,13,16-17H,3-4,7-12,14-15H2,1-2H3. The van der Waals surface area contributed by atoms with Crippen molar-refractivity contribution in [2.24, 2.45) is 5.92 Å². The summed E-state index contributed by atoms with van der Waals surface area (Å²) in [4.78, 5) is 44.4. The molecular weight excluding hydrogens is 386 g/mol. The molecule has 164 valence electrons. The molecule has 1 aromatic rings. The molecule has 4 rings (SSSR count). The maximum atomic E-state index is 13.4. The molecule has 1 unspecified atom stereocenters. The summed E-state index contributed by atoms with van der Waals surface area (Å²) in [5, 5.41) is 0. The average molecular weight is 418 g/mol. The molecule has 0 aromatic carbocycles. The summed E-state index contributed by atoms with van der Waals surface area (Å²) in [5.74, 6) is 0.263. The molecule has 4 heterocycles. The summed E-state index contributed by atoms with van der Waals surface area (Å²) in [6.07, 6.45) is 4.94. The van der Waals surface area contributed by atoms with Crippen LogP contribution < -0.4 is 0 Å². The molecule has 8 heteroatoms. The Balaban J connectivity index is 1.55. The maximum absolute atomic E-state index is 13.4. The lowest BCUT2D eigenvalue weighted by Gasteiger charge is -2.44. The third-order valence-electron chi connectivity index (χ3n) is 6.39. The minimum Gasteiger partial charge on any atom is -0.459 e. The molecule has 1 aromatic heterocycles. The molecule has 3 amide bonds. The number of rotatable bonds is 4. The van der Waals surface area contributed by atoms with Crippen LogP contribution in [0.4, 0.5) is 0 Å². The van der Waals surface area contributed by atoms with E-state index in [4.69, 9.17) is 9.15 Å². The van der Waals surface area contributed by atoms with Gasteiger partial charge in [-0.1, -0.05) is 13.8 Å². The molecule has 0 bridgehead atoms. The van der Waals surface area contributed by atoms with Crippen LogP contribution >= 0.6 is 0 Å². The molecule has 1 atom stereocenters. The molecule has 0 aliphatic carbocycles. The van der Waals surface area contributed by atoms with Crippen molar-refractivity contribution in [2.45, 2.75) is 57.7 Å². The van der Waals surface area contributed by atoms with Crippen LogP contribution in [0.1, 0.15) is 56.5 Å². The first kappa shape index (κ1) is 20.9. The molecule has 3 fully saturated rings. The van der Waals surface area contributed by atoms with Crippen molar-refractivity contribution in [3.8, 4) is 0 Å². The fourth-order valence-corrected chi connectivity index (χ4v) is 4.81. The minimum atomic E-state index is -0.876. The van der Waals surface area contributed by atoms with Crippen LogP contribution in [-0.4, -0.2) is 77.0 Å².